The first kappa shape index (κ1) is 63.0. The Kier molecular flexibility index (Phi) is 15.7. The van der Waals surface area contributed by atoms with Crippen LogP contribution in [0.4, 0.5) is 4.39 Å². The second-order valence-electron chi connectivity index (χ2n) is 25.7. The van der Waals surface area contributed by atoms with Gasteiger partial charge >= 0.3 is 0 Å². The van der Waals surface area contributed by atoms with E-state index < -0.39 is 22.6 Å². The number of H-pyrrole nitrogens is 3. The highest BCUT2D eigenvalue weighted by Crippen LogP contribution is 2.49. The molecule has 15 aromatic rings. The molecule has 100 heavy (non-hydrogen) atoms. The fraction of sp³-hybridized carbons (Fsp3) is 0.240. The Morgan fingerprint density at radius 2 is 0.820 bits per heavy atom. The number of nitrogens with zero attached hydrogens (tertiary/aromatic N) is 15. The van der Waals surface area contributed by atoms with Crippen LogP contribution in [0.25, 0.3) is 66.5 Å². The average molecular weight is 1330 g/mol. The number of benzene rings is 3. The summed E-state index contributed by atoms with van der Waals surface area (Å²) in [5.74, 6) is 5.11. The third kappa shape index (κ3) is 11.0. The molecule has 3 aliphatic rings. The van der Waals surface area contributed by atoms with Crippen LogP contribution in [-0.4, -0.2) is 106 Å². The number of pyridine rings is 3. The fourth-order valence-electron chi connectivity index (χ4n) is 13.5. The molecular weight excluding hydrogens is 1270 g/mol. The lowest BCUT2D eigenvalue weighted by atomic mass is 9.82. The highest BCUT2D eigenvalue weighted by Gasteiger charge is 2.44. The Labute approximate surface area is 569 Å². The number of fused-ring (bicyclic) bond motifs is 3. The second kappa shape index (κ2) is 24.9. The van der Waals surface area contributed by atoms with Gasteiger partial charge in [-0.1, -0.05) is 33.7 Å². The van der Waals surface area contributed by atoms with Gasteiger partial charge in [-0.2, -0.15) is 0 Å². The number of hydrogen-bond donors (Lipinski definition) is 6. The topological polar surface area (TPSA) is 341 Å². The first-order valence-electron chi connectivity index (χ1n) is 32.9. The van der Waals surface area contributed by atoms with E-state index in [-0.39, 0.29) is 17.0 Å². The van der Waals surface area contributed by atoms with Gasteiger partial charge in [-0.25, -0.2) is 29.3 Å². The number of aryl methyl sites for hydroxylation is 6. The smallest absolute Gasteiger partial charge is 0.179 e. The maximum atomic E-state index is 16.0. The number of rotatable bonds is 15. The summed E-state index contributed by atoms with van der Waals surface area (Å²) in [6.45, 7) is 11.1. The predicted molar refractivity (Wildman–Crippen MR) is 364 cm³/mol. The first-order chi connectivity index (χ1) is 48.6. The summed E-state index contributed by atoms with van der Waals surface area (Å²) in [5.41, 5.74) is 8.81. The molecule has 0 amide bonds. The number of aromatic amines is 3. The number of halogens is 1. The van der Waals surface area contributed by atoms with E-state index >= 15 is 4.39 Å². The molecule has 1 unspecified atom stereocenters. The van der Waals surface area contributed by atoms with Crippen molar-refractivity contribution in [1.82, 2.24) is 90.2 Å². The van der Waals surface area contributed by atoms with Gasteiger partial charge in [0.05, 0.1) is 79.7 Å². The molecule has 25 heteroatoms. The lowest BCUT2D eigenvalue weighted by Crippen LogP contribution is -2.32. The highest BCUT2D eigenvalue weighted by atomic mass is 19.1. The maximum absolute atomic E-state index is 16.0. The molecule has 18 rings (SSSR count). The van der Waals surface area contributed by atoms with E-state index in [4.69, 9.17) is 28.5 Å². The van der Waals surface area contributed by atoms with Crippen molar-refractivity contribution in [1.29, 1.82) is 0 Å². The van der Waals surface area contributed by atoms with Gasteiger partial charge in [0.1, 0.15) is 58.0 Å². The molecule has 24 nitrogen and oxygen atoms in total. The molecule has 12 heterocycles. The predicted octanol–water partition coefficient (Wildman–Crippen LogP) is 12.7. The zero-order valence-electron chi connectivity index (χ0n) is 55.1. The monoisotopic (exact) mass is 1330 g/mol. The van der Waals surface area contributed by atoms with Gasteiger partial charge in [0.2, 0.25) is 0 Å². The Bertz CT molecular complexity index is 5100. The summed E-state index contributed by atoms with van der Waals surface area (Å²) in [5, 5.41) is 49.4. The molecular formula is C75H65FN18O6. The van der Waals surface area contributed by atoms with Crippen LogP contribution in [0.1, 0.15) is 159 Å². The van der Waals surface area contributed by atoms with Crippen molar-refractivity contribution in [2.45, 2.75) is 115 Å². The average Bonchev–Trinajstić information content (AvgIpc) is 1.43. The quantitative estimate of drug-likeness (QED) is 0.0555. The number of hydrogen-bond acceptors (Lipinski definition) is 21. The van der Waals surface area contributed by atoms with Crippen LogP contribution in [0.3, 0.4) is 0 Å². The second-order valence-corrected chi connectivity index (χ2v) is 25.7. The zero-order chi connectivity index (χ0) is 68.6. The minimum absolute atomic E-state index is 0.236. The normalized spacial score (nSPS) is 14.6. The third-order valence-electron chi connectivity index (χ3n) is 18.9. The standard InChI is InChI=1S/C26H22FN5O2.C25H22N6O2.C24H21N7O2/c1-14-21(15(2)34-32-14)17-13-18(23-24(22(17)27)31-25(30-23)16-9-10-16)26(33,19-7-3-5-11-28-19)20-8-4-6-12-29-20;1-14-22(15(2)33-31-14)17-9-19(23-20(10-17)29-24(30-23)16-6-7-16)25(32,18-11-26-13-27-12-18)21-5-3-4-8-28-21;1-13-21(14(2)33-31-13)16-9-17(22-18(10-16)29-23(30-22)15-3-4-15)24(32,19-11-25-5-7-27-19)20-12-26-6-8-28-20/h3-8,11-13,16,33H,9-10H2,1-2H3,(H,30,31);3-5,8-13,16,32H,6-7H2,1-2H3,(H,29,30);5-12,15,32H,3-4H2,1-2H3,(H,29,30). The summed E-state index contributed by atoms with van der Waals surface area (Å²) >= 11 is 0. The van der Waals surface area contributed by atoms with E-state index in [0.29, 0.717) is 108 Å². The number of nitrogens with one attached hydrogen (secondary N) is 3. The molecule has 3 aliphatic carbocycles. The molecule has 3 aromatic carbocycles. The van der Waals surface area contributed by atoms with Crippen molar-refractivity contribution >= 4 is 33.1 Å². The van der Waals surface area contributed by atoms with Crippen LogP contribution in [0.5, 0.6) is 0 Å². The van der Waals surface area contributed by atoms with Crippen LogP contribution >= 0.6 is 0 Å². The van der Waals surface area contributed by atoms with E-state index in [9.17, 15) is 15.3 Å². The van der Waals surface area contributed by atoms with E-state index in [2.05, 4.69) is 75.3 Å². The van der Waals surface area contributed by atoms with Crippen molar-refractivity contribution in [3.63, 3.8) is 0 Å². The largest absolute Gasteiger partial charge is 0.374 e. The summed E-state index contributed by atoms with van der Waals surface area (Å²) < 4.78 is 32.2. The SMILES string of the molecule is Cc1noc(C)c1-c1cc(C(O)(c2ccccn2)c2ccccn2)c2nc(C3CC3)[nH]c2c1F.Cc1noc(C)c1-c1cc(C(O)(c2cnccn2)c2cnccn2)c2nc(C3CC3)[nH]c2c1.Cc1noc(C)c1-c1cc(C(O)(c2cncnc2)c2ccccn2)c2nc(C3CC3)[nH]c2c1. The molecule has 3 saturated carbocycles. The van der Waals surface area contributed by atoms with E-state index in [1.54, 1.807) is 118 Å². The lowest BCUT2D eigenvalue weighted by molar-refractivity contribution is 0.116. The minimum Gasteiger partial charge on any atom is -0.374 e. The van der Waals surface area contributed by atoms with Crippen LogP contribution in [-0.2, 0) is 16.8 Å². The van der Waals surface area contributed by atoms with Crippen LogP contribution in [0, 0.1) is 47.4 Å². The molecule has 498 valence electrons. The van der Waals surface area contributed by atoms with Crippen LogP contribution in [0.15, 0.2) is 173 Å². The first-order valence-corrected chi connectivity index (χ1v) is 32.9. The molecule has 1 atom stereocenters. The lowest BCUT2D eigenvalue weighted by Gasteiger charge is -2.29. The fourth-order valence-corrected chi connectivity index (χ4v) is 13.5. The zero-order valence-corrected chi connectivity index (χ0v) is 55.1. The number of aromatic nitrogens is 18. The Balaban J connectivity index is 0.000000117. The minimum atomic E-state index is -1.78. The van der Waals surface area contributed by atoms with Crippen LogP contribution in [0.2, 0.25) is 0 Å². The van der Waals surface area contributed by atoms with E-state index in [0.717, 1.165) is 101 Å². The van der Waals surface area contributed by atoms with Gasteiger partial charge in [0.15, 0.2) is 22.6 Å². The molecule has 0 bridgehead atoms. The highest BCUT2D eigenvalue weighted by molar-refractivity contribution is 5.91. The summed E-state index contributed by atoms with van der Waals surface area (Å²) in [6, 6.07) is 25.6. The van der Waals surface area contributed by atoms with Crippen molar-refractivity contribution in [2.75, 3.05) is 0 Å². The van der Waals surface area contributed by atoms with Crippen molar-refractivity contribution in [2.24, 2.45) is 0 Å². The van der Waals surface area contributed by atoms with Crippen molar-refractivity contribution in [3.05, 3.63) is 268 Å². The van der Waals surface area contributed by atoms with Crippen molar-refractivity contribution in [3.8, 4) is 33.4 Å². The molecule has 12 aromatic heterocycles. The molecule has 3 fully saturated rings. The number of imidazole rings is 3. The van der Waals surface area contributed by atoms with Gasteiger partial charge in [-0.3, -0.25) is 34.9 Å². The van der Waals surface area contributed by atoms with E-state index in [1.165, 1.54) is 18.7 Å². The molecule has 6 N–H and O–H groups in total. The van der Waals surface area contributed by atoms with Gasteiger partial charge in [0.25, 0.3) is 0 Å². The van der Waals surface area contributed by atoms with Gasteiger partial charge in [-0.05, 0) is 158 Å². The molecule has 0 radical (unpaired) electrons. The van der Waals surface area contributed by atoms with Gasteiger partial charge in [-0.15, -0.1) is 0 Å². The Morgan fingerprint density at radius 3 is 1.23 bits per heavy atom. The molecule has 0 aliphatic heterocycles. The maximum Gasteiger partial charge on any atom is 0.179 e. The molecule has 0 spiro atoms. The van der Waals surface area contributed by atoms with Crippen molar-refractivity contribution < 1.29 is 33.3 Å². The van der Waals surface area contributed by atoms with Crippen LogP contribution < -0.4 is 0 Å². The van der Waals surface area contributed by atoms with Gasteiger partial charge < -0.3 is 43.8 Å². The third-order valence-corrected chi connectivity index (χ3v) is 18.9. The van der Waals surface area contributed by atoms with E-state index in [1.807, 2.05) is 64.1 Å². The van der Waals surface area contributed by atoms with Gasteiger partial charge in [0, 0.05) is 112 Å². The number of aliphatic hydroxyl groups is 3. The summed E-state index contributed by atoms with van der Waals surface area (Å²) in [4.78, 5) is 63.8. The Hall–Kier alpha value is -11.8. The summed E-state index contributed by atoms with van der Waals surface area (Å²) in [7, 11) is 0. The molecule has 0 saturated heterocycles. The Morgan fingerprint density at radius 1 is 0.420 bits per heavy atom. The summed E-state index contributed by atoms with van der Waals surface area (Å²) in [6.07, 6.45) is 25.3.